The lowest BCUT2D eigenvalue weighted by molar-refractivity contribution is -0.370. The lowest BCUT2D eigenvalue weighted by Gasteiger charge is -2.45. The Kier molecular flexibility index (Phi) is 7.27. The highest BCUT2D eigenvalue weighted by Crippen LogP contribution is 2.32. The molecule has 12 nitrogen and oxygen atoms in total. The van der Waals surface area contributed by atoms with Gasteiger partial charge in [0.1, 0.15) is 36.6 Å². The Hall–Kier alpha value is -0.930. The van der Waals surface area contributed by atoms with Gasteiger partial charge in [0, 0.05) is 12.3 Å². The summed E-state index contributed by atoms with van der Waals surface area (Å²) in [5.74, 6) is -1.98. The Morgan fingerprint density at radius 3 is 1.81 bits per heavy atom. The minimum Gasteiger partial charge on any atom is -0.394 e. The van der Waals surface area contributed by atoms with Crippen molar-refractivity contribution in [1.29, 1.82) is 0 Å². The second kappa shape index (κ2) is 8.84. The van der Waals surface area contributed by atoms with Gasteiger partial charge in [-0.1, -0.05) is 0 Å². The molecule has 2 saturated heterocycles. The van der Waals surface area contributed by atoms with Gasteiger partial charge in [-0.3, -0.25) is 4.79 Å². The van der Waals surface area contributed by atoms with Crippen molar-refractivity contribution in [3.63, 3.8) is 0 Å². The van der Waals surface area contributed by atoms with E-state index < -0.39 is 86.8 Å². The Labute approximate surface area is 148 Å². The second-order valence-corrected chi connectivity index (χ2v) is 6.37. The monoisotopic (exact) mass is 383 g/mol. The molecule has 2 aliphatic heterocycles. The van der Waals surface area contributed by atoms with Crippen LogP contribution in [0.15, 0.2) is 0 Å². The van der Waals surface area contributed by atoms with Crippen LogP contribution in [0.4, 0.5) is 0 Å². The van der Waals surface area contributed by atoms with Gasteiger partial charge in [-0.05, 0) is 0 Å². The second-order valence-electron chi connectivity index (χ2n) is 6.37. The average molecular weight is 383 g/mol. The van der Waals surface area contributed by atoms with Crippen LogP contribution in [0.5, 0.6) is 0 Å². The first-order chi connectivity index (χ1) is 12.2. The molecule has 12 heteroatoms. The molecule has 0 saturated carbocycles. The molecular weight excluding hydrogens is 358 g/mol. The van der Waals surface area contributed by atoms with Gasteiger partial charge < -0.3 is 55.7 Å². The first kappa shape index (κ1) is 21.4. The van der Waals surface area contributed by atoms with Gasteiger partial charge in [0.15, 0.2) is 12.6 Å². The minimum atomic E-state index is -1.73. The number of hydrogen-bond donors (Lipinski definition) is 8. The van der Waals surface area contributed by atoms with E-state index in [9.17, 15) is 40.5 Å². The van der Waals surface area contributed by atoms with E-state index in [4.69, 9.17) is 19.9 Å². The lowest BCUT2D eigenvalue weighted by Crippen LogP contribution is -2.62. The predicted octanol–water partition coefficient (Wildman–Crippen LogP) is -5.27. The van der Waals surface area contributed by atoms with Crippen molar-refractivity contribution in [3.05, 3.63) is 0 Å². The number of aliphatic hydroxyl groups excluding tert-OH is 7. The number of primary amides is 1. The van der Waals surface area contributed by atoms with Gasteiger partial charge in [-0.25, -0.2) is 0 Å². The average Bonchev–Trinajstić information content (AvgIpc) is 2.61. The van der Waals surface area contributed by atoms with Gasteiger partial charge in [-0.15, -0.1) is 0 Å². The van der Waals surface area contributed by atoms with E-state index in [0.29, 0.717) is 0 Å². The maximum Gasteiger partial charge on any atom is 0.217 e. The Morgan fingerprint density at radius 2 is 1.31 bits per heavy atom. The summed E-state index contributed by atoms with van der Waals surface area (Å²) in [7, 11) is 0. The molecule has 1 amide bonds. The van der Waals surface area contributed by atoms with Crippen LogP contribution in [0.1, 0.15) is 6.42 Å². The van der Waals surface area contributed by atoms with Crippen molar-refractivity contribution < 1.29 is 54.8 Å². The number of amides is 1. The van der Waals surface area contributed by atoms with Crippen molar-refractivity contribution >= 4 is 5.91 Å². The van der Waals surface area contributed by atoms with E-state index in [0.717, 1.165) is 0 Å². The van der Waals surface area contributed by atoms with Gasteiger partial charge >= 0.3 is 0 Å². The fourth-order valence-corrected chi connectivity index (χ4v) is 3.03. The lowest BCUT2D eigenvalue weighted by atomic mass is 9.88. The highest BCUT2D eigenvalue weighted by molar-refractivity contribution is 5.74. The van der Waals surface area contributed by atoms with E-state index in [2.05, 4.69) is 0 Å². The quantitative estimate of drug-likeness (QED) is 0.217. The summed E-state index contributed by atoms with van der Waals surface area (Å²) in [6.45, 7) is -1.35. The third-order valence-electron chi connectivity index (χ3n) is 4.56. The van der Waals surface area contributed by atoms with Gasteiger partial charge in [0.05, 0.1) is 19.3 Å². The number of aliphatic hydroxyl groups is 7. The van der Waals surface area contributed by atoms with Crippen molar-refractivity contribution in [3.8, 4) is 0 Å². The first-order valence-electron chi connectivity index (χ1n) is 8.08. The van der Waals surface area contributed by atoms with Crippen molar-refractivity contribution in [2.75, 3.05) is 13.2 Å². The van der Waals surface area contributed by atoms with E-state index in [1.807, 2.05) is 0 Å². The molecule has 26 heavy (non-hydrogen) atoms. The third kappa shape index (κ3) is 4.31. The Bertz CT molecular complexity index is 478. The van der Waals surface area contributed by atoms with Crippen molar-refractivity contribution in [2.24, 2.45) is 11.7 Å². The molecule has 2 heterocycles. The highest BCUT2D eigenvalue weighted by Gasteiger charge is 2.50. The summed E-state index contributed by atoms with van der Waals surface area (Å²) in [6, 6.07) is 0. The smallest absolute Gasteiger partial charge is 0.217 e. The minimum absolute atomic E-state index is 0.446. The highest BCUT2D eigenvalue weighted by atomic mass is 16.8. The molecule has 2 rings (SSSR count). The molecule has 2 aliphatic rings. The summed E-state index contributed by atoms with van der Waals surface area (Å²) in [4.78, 5) is 11.2. The summed E-state index contributed by atoms with van der Waals surface area (Å²) < 4.78 is 15.9. The van der Waals surface area contributed by atoms with Crippen LogP contribution in [0.25, 0.3) is 0 Å². The van der Waals surface area contributed by atoms with Crippen molar-refractivity contribution in [2.45, 2.75) is 61.7 Å². The van der Waals surface area contributed by atoms with Gasteiger partial charge in [-0.2, -0.15) is 0 Å². The zero-order valence-electron chi connectivity index (χ0n) is 13.7. The number of nitrogens with two attached hydrogens (primary N) is 1. The Morgan fingerprint density at radius 1 is 0.808 bits per heavy atom. The molecule has 0 aromatic rings. The number of ether oxygens (including phenoxy) is 3. The maximum absolute atomic E-state index is 11.2. The molecule has 0 unspecified atom stereocenters. The number of rotatable bonds is 6. The summed E-state index contributed by atoms with van der Waals surface area (Å²) in [5.41, 5.74) is 5.13. The largest absolute Gasteiger partial charge is 0.394 e. The van der Waals surface area contributed by atoms with Crippen LogP contribution in [0, 0.1) is 5.92 Å². The summed E-state index contributed by atoms with van der Waals surface area (Å²) in [5, 5.41) is 68.1. The first-order valence-corrected chi connectivity index (χ1v) is 8.08. The molecule has 0 bridgehead atoms. The molecule has 2 fully saturated rings. The van der Waals surface area contributed by atoms with Crippen LogP contribution in [-0.4, -0.2) is 110 Å². The maximum atomic E-state index is 11.2. The van der Waals surface area contributed by atoms with E-state index in [1.165, 1.54) is 0 Å². The molecule has 9 N–H and O–H groups in total. The molecule has 0 aromatic carbocycles. The normalized spacial score (nSPS) is 46.9. The topological polar surface area (TPSA) is 212 Å². The molecule has 0 aromatic heterocycles. The molecule has 0 spiro atoms. The van der Waals surface area contributed by atoms with Crippen LogP contribution in [-0.2, 0) is 19.0 Å². The molecule has 152 valence electrons. The molecule has 0 aliphatic carbocycles. The van der Waals surface area contributed by atoms with E-state index >= 15 is 0 Å². The molecule has 10 atom stereocenters. The zero-order valence-corrected chi connectivity index (χ0v) is 13.7. The number of carbonyl (C=O) groups excluding carboxylic acids is 1. The predicted molar refractivity (Wildman–Crippen MR) is 79.9 cm³/mol. The fourth-order valence-electron chi connectivity index (χ4n) is 3.03. The van der Waals surface area contributed by atoms with Crippen LogP contribution >= 0.6 is 0 Å². The zero-order chi connectivity index (χ0) is 19.6. The molecule has 0 radical (unpaired) electrons. The number of carbonyl (C=O) groups is 1. The standard InChI is InChI=1S/C14H25NO11/c15-7(18)1-4-8(19)9(20)5(2-16)24-13(4)26-14-12(23)11(22)10(21)6(3-17)25-14/h4-6,8-14,16-17,19-23H,1-3H2,(H2,15,18)/t4-,5+,6+,8+,9-,10-,11-,12+,13+,14-/m0/s1. The van der Waals surface area contributed by atoms with Crippen LogP contribution in [0.3, 0.4) is 0 Å². The SMILES string of the molecule is NC(=O)C[C@@H]1[C@@H](O[C@@H]2O[C@H](CO)[C@H](O)[C@H](O)[C@H]2O)O[C@H](CO)[C@H](O)[C@@H]1O. The Balaban J connectivity index is 2.18. The number of hydrogen-bond acceptors (Lipinski definition) is 11. The summed E-state index contributed by atoms with van der Waals surface area (Å²) >= 11 is 0. The van der Waals surface area contributed by atoms with Crippen LogP contribution < -0.4 is 5.73 Å². The molecular formula is C14H25NO11. The van der Waals surface area contributed by atoms with Gasteiger partial charge in [0.2, 0.25) is 5.91 Å². The van der Waals surface area contributed by atoms with Crippen LogP contribution in [0.2, 0.25) is 0 Å². The van der Waals surface area contributed by atoms with E-state index in [1.54, 1.807) is 0 Å². The van der Waals surface area contributed by atoms with E-state index in [-0.39, 0.29) is 0 Å². The third-order valence-corrected chi connectivity index (χ3v) is 4.56. The fraction of sp³-hybridized carbons (Fsp3) is 0.929. The van der Waals surface area contributed by atoms with Crippen molar-refractivity contribution in [1.82, 2.24) is 0 Å². The summed E-state index contributed by atoms with van der Waals surface area (Å²) in [6.07, 6.45) is -14.0. The van der Waals surface area contributed by atoms with Gasteiger partial charge in [0.25, 0.3) is 0 Å².